The van der Waals surface area contributed by atoms with Gasteiger partial charge in [-0.15, -0.1) is 0 Å². The molecule has 0 unspecified atom stereocenters. The second-order valence-electron chi connectivity index (χ2n) is 7.50. The van der Waals surface area contributed by atoms with Gasteiger partial charge in [-0.05, 0) is 43.4 Å². The fourth-order valence-electron chi connectivity index (χ4n) is 3.81. The van der Waals surface area contributed by atoms with Crippen molar-refractivity contribution >= 4 is 34.4 Å². The number of para-hydroxylation sites is 1. The van der Waals surface area contributed by atoms with Crippen LogP contribution in [0.2, 0.25) is 0 Å². The normalized spacial score (nSPS) is 18.2. The monoisotopic (exact) mass is 430 g/mol. The molecule has 2 heterocycles. The third-order valence-electron chi connectivity index (χ3n) is 5.38. The Morgan fingerprint density at radius 3 is 2.40 bits per heavy atom. The first-order chi connectivity index (χ1) is 14.3. The lowest BCUT2D eigenvalue weighted by molar-refractivity contribution is -0.137. The van der Waals surface area contributed by atoms with E-state index in [-0.39, 0.29) is 0 Å². The van der Waals surface area contributed by atoms with E-state index in [1.165, 1.54) is 6.07 Å². The maximum atomic E-state index is 13.1. The van der Waals surface area contributed by atoms with Gasteiger partial charge in [0, 0.05) is 37.2 Å². The molecular formula is C22H21F3N4S. The molecule has 156 valence electrons. The highest BCUT2D eigenvalue weighted by molar-refractivity contribution is 7.80. The van der Waals surface area contributed by atoms with Gasteiger partial charge in [0.25, 0.3) is 0 Å². The van der Waals surface area contributed by atoms with Crippen molar-refractivity contribution in [1.29, 1.82) is 0 Å². The van der Waals surface area contributed by atoms with Crippen LogP contribution >= 0.6 is 12.2 Å². The second-order valence-corrected chi connectivity index (χ2v) is 7.89. The predicted octanol–water partition coefficient (Wildman–Crippen LogP) is 5.16. The van der Waals surface area contributed by atoms with E-state index in [0.29, 0.717) is 48.0 Å². The first-order valence-electron chi connectivity index (χ1n) is 9.71. The highest BCUT2D eigenvalue weighted by Gasteiger charge is 2.39. The van der Waals surface area contributed by atoms with Crippen LogP contribution in [-0.4, -0.2) is 40.2 Å². The highest BCUT2D eigenvalue weighted by atomic mass is 32.1. The number of hydrogen-bond acceptors (Lipinski definition) is 3. The lowest BCUT2D eigenvalue weighted by Crippen LogP contribution is -2.46. The zero-order valence-electron chi connectivity index (χ0n) is 16.4. The zero-order valence-corrected chi connectivity index (χ0v) is 17.2. The Bertz CT molecular complexity index is 1010. The van der Waals surface area contributed by atoms with Crippen molar-refractivity contribution < 1.29 is 13.2 Å². The lowest BCUT2D eigenvalue weighted by Gasteiger charge is -2.36. The summed E-state index contributed by atoms with van der Waals surface area (Å²) in [5.41, 5.74) is 1.30. The highest BCUT2D eigenvalue weighted by Crippen LogP contribution is 2.35. The summed E-state index contributed by atoms with van der Waals surface area (Å²) < 4.78 is 39.2. The van der Waals surface area contributed by atoms with Gasteiger partial charge in [0.2, 0.25) is 0 Å². The number of aliphatic imine (C=N–C) groups is 2. The maximum Gasteiger partial charge on any atom is 0.416 e. The Kier molecular flexibility index (Phi) is 5.36. The van der Waals surface area contributed by atoms with Gasteiger partial charge in [-0.1, -0.05) is 30.3 Å². The van der Waals surface area contributed by atoms with E-state index in [1.54, 1.807) is 6.07 Å². The quantitative estimate of drug-likeness (QED) is 0.669. The van der Waals surface area contributed by atoms with Gasteiger partial charge in [-0.2, -0.15) is 13.2 Å². The third kappa shape index (κ3) is 4.23. The minimum atomic E-state index is -4.38. The number of rotatable bonds is 2. The lowest BCUT2D eigenvalue weighted by atomic mass is 9.98. The maximum absolute atomic E-state index is 13.1. The Balaban J connectivity index is 1.47. The summed E-state index contributed by atoms with van der Waals surface area (Å²) in [7, 11) is 0. The number of benzene rings is 2. The minimum Gasteiger partial charge on any atom is -0.349 e. The van der Waals surface area contributed by atoms with E-state index in [2.05, 4.69) is 10.2 Å². The Hall–Kier alpha value is -2.74. The average Bonchev–Trinajstić information content (AvgIpc) is 3.04. The SMILES string of the molecule is CC1=NC2(CCN(C(=S)Nc3ccccc3)CC2)N=C1c1cccc(C(F)(F)F)c1. The molecule has 2 aromatic rings. The van der Waals surface area contributed by atoms with E-state index in [0.717, 1.165) is 17.8 Å². The molecule has 2 aliphatic rings. The number of hydrogen-bond donors (Lipinski definition) is 1. The topological polar surface area (TPSA) is 40.0 Å². The molecule has 1 spiro atoms. The predicted molar refractivity (Wildman–Crippen MR) is 117 cm³/mol. The summed E-state index contributed by atoms with van der Waals surface area (Å²) in [4.78, 5) is 11.6. The fraction of sp³-hybridized carbons (Fsp3) is 0.318. The zero-order chi connectivity index (χ0) is 21.4. The molecule has 0 bridgehead atoms. The van der Waals surface area contributed by atoms with E-state index in [1.807, 2.05) is 37.3 Å². The summed E-state index contributed by atoms with van der Waals surface area (Å²) in [6, 6.07) is 15.0. The van der Waals surface area contributed by atoms with E-state index in [9.17, 15) is 13.2 Å². The van der Waals surface area contributed by atoms with Crippen LogP contribution in [0.4, 0.5) is 18.9 Å². The van der Waals surface area contributed by atoms with Crippen molar-refractivity contribution in [3.05, 3.63) is 65.7 Å². The molecule has 2 aromatic carbocycles. The number of nitrogens with zero attached hydrogens (tertiary/aromatic N) is 3. The molecule has 4 nitrogen and oxygen atoms in total. The molecule has 0 aromatic heterocycles. The number of alkyl halides is 3. The van der Waals surface area contributed by atoms with Gasteiger partial charge < -0.3 is 10.2 Å². The Morgan fingerprint density at radius 2 is 1.73 bits per heavy atom. The standard InChI is InChI=1S/C22H21F3N4S/c1-15-19(16-6-5-7-17(14-16)22(23,24)25)28-21(27-15)10-12-29(13-11-21)20(30)26-18-8-3-2-4-9-18/h2-9,14H,10-13H2,1H3,(H,26,30). The first-order valence-corrected chi connectivity index (χ1v) is 10.1. The summed E-state index contributed by atoms with van der Waals surface area (Å²) in [6.07, 6.45) is -3.07. The number of piperidine rings is 1. The van der Waals surface area contributed by atoms with Crippen molar-refractivity contribution in [2.75, 3.05) is 18.4 Å². The third-order valence-corrected chi connectivity index (χ3v) is 5.74. The van der Waals surface area contributed by atoms with Gasteiger partial charge in [-0.25, -0.2) is 0 Å². The fourth-order valence-corrected chi connectivity index (χ4v) is 4.11. The molecule has 1 N–H and O–H groups in total. The number of halogens is 3. The molecule has 0 atom stereocenters. The second kappa shape index (κ2) is 7.83. The Labute approximate surface area is 178 Å². The van der Waals surface area contributed by atoms with E-state index < -0.39 is 17.4 Å². The van der Waals surface area contributed by atoms with E-state index >= 15 is 0 Å². The molecule has 30 heavy (non-hydrogen) atoms. The average molecular weight is 430 g/mol. The van der Waals surface area contributed by atoms with Crippen molar-refractivity contribution in [2.24, 2.45) is 9.98 Å². The minimum absolute atomic E-state index is 0.451. The van der Waals surface area contributed by atoms with Crippen LogP contribution in [0.25, 0.3) is 0 Å². The van der Waals surface area contributed by atoms with Gasteiger partial charge in [0.05, 0.1) is 17.0 Å². The molecule has 1 fully saturated rings. The molecule has 0 saturated carbocycles. The van der Waals surface area contributed by atoms with Gasteiger partial charge >= 0.3 is 6.18 Å². The molecule has 2 aliphatic heterocycles. The van der Waals surface area contributed by atoms with Crippen LogP contribution in [-0.2, 0) is 6.18 Å². The number of likely N-dealkylation sites (tertiary alicyclic amines) is 1. The Morgan fingerprint density at radius 1 is 1.03 bits per heavy atom. The molecule has 0 amide bonds. The number of thiocarbonyl (C=S) groups is 1. The van der Waals surface area contributed by atoms with Gasteiger partial charge in [-0.3, -0.25) is 9.98 Å². The summed E-state index contributed by atoms with van der Waals surface area (Å²) in [6.45, 7) is 3.16. The van der Waals surface area contributed by atoms with Crippen LogP contribution in [0.15, 0.2) is 64.6 Å². The van der Waals surface area contributed by atoms with Crippen molar-refractivity contribution in [1.82, 2.24) is 4.90 Å². The number of anilines is 1. The van der Waals surface area contributed by atoms with Gasteiger partial charge in [0.15, 0.2) is 10.8 Å². The summed E-state index contributed by atoms with van der Waals surface area (Å²) in [5, 5.41) is 3.88. The van der Waals surface area contributed by atoms with Crippen molar-refractivity contribution in [2.45, 2.75) is 31.6 Å². The van der Waals surface area contributed by atoms with Crippen LogP contribution in [0.1, 0.15) is 30.9 Å². The molecule has 0 radical (unpaired) electrons. The van der Waals surface area contributed by atoms with Crippen LogP contribution in [0, 0.1) is 0 Å². The van der Waals surface area contributed by atoms with Crippen molar-refractivity contribution in [3.8, 4) is 0 Å². The van der Waals surface area contributed by atoms with Crippen LogP contribution in [0.3, 0.4) is 0 Å². The number of nitrogens with one attached hydrogen (secondary N) is 1. The van der Waals surface area contributed by atoms with Crippen LogP contribution in [0.5, 0.6) is 0 Å². The molecule has 0 aliphatic carbocycles. The summed E-state index contributed by atoms with van der Waals surface area (Å²) in [5.74, 6) is 0. The smallest absolute Gasteiger partial charge is 0.349 e. The first kappa shape index (κ1) is 20.5. The molecule has 8 heteroatoms. The molecule has 1 saturated heterocycles. The van der Waals surface area contributed by atoms with Crippen molar-refractivity contribution in [3.63, 3.8) is 0 Å². The van der Waals surface area contributed by atoms with Gasteiger partial charge in [0.1, 0.15) is 0 Å². The van der Waals surface area contributed by atoms with Crippen LogP contribution < -0.4 is 5.32 Å². The summed E-state index contributed by atoms with van der Waals surface area (Å²) >= 11 is 5.53. The van der Waals surface area contributed by atoms with E-state index in [4.69, 9.17) is 22.2 Å². The molecule has 4 rings (SSSR count). The largest absolute Gasteiger partial charge is 0.416 e. The molecular weight excluding hydrogens is 409 g/mol.